The molecular weight excluding hydrogens is 326 g/mol. The van der Waals surface area contributed by atoms with Crippen LogP contribution in [0.2, 0.25) is 0 Å². The van der Waals surface area contributed by atoms with Crippen LogP contribution >= 0.6 is 12.2 Å². The normalized spacial score (nSPS) is 16.0. The van der Waals surface area contributed by atoms with Crippen LogP contribution in [0.3, 0.4) is 0 Å². The third-order valence-electron chi connectivity index (χ3n) is 3.97. The van der Waals surface area contributed by atoms with E-state index in [0.29, 0.717) is 5.69 Å². The highest BCUT2D eigenvalue weighted by Crippen LogP contribution is 2.18. The molecule has 3 rings (SSSR count). The van der Waals surface area contributed by atoms with E-state index in [1.165, 1.54) is 10.8 Å². The van der Waals surface area contributed by atoms with Gasteiger partial charge in [0.15, 0.2) is 4.77 Å². The van der Waals surface area contributed by atoms with Gasteiger partial charge < -0.3 is 10.0 Å². The van der Waals surface area contributed by atoms with Gasteiger partial charge in [-0.2, -0.15) is 5.10 Å². The van der Waals surface area contributed by atoms with Crippen molar-refractivity contribution in [2.24, 2.45) is 5.10 Å². The van der Waals surface area contributed by atoms with Crippen LogP contribution in [0.15, 0.2) is 40.2 Å². The fraction of sp³-hybridized carbons (Fsp3) is 0.312. The van der Waals surface area contributed by atoms with Crippen LogP contribution in [0.25, 0.3) is 5.69 Å². The molecule has 0 amide bonds. The minimum absolute atomic E-state index is 0.0892. The van der Waals surface area contributed by atoms with E-state index in [-0.39, 0.29) is 16.2 Å². The van der Waals surface area contributed by atoms with Gasteiger partial charge in [-0.15, -0.1) is 0 Å². The van der Waals surface area contributed by atoms with Crippen LogP contribution in [0, 0.1) is 4.77 Å². The summed E-state index contributed by atoms with van der Waals surface area (Å²) in [6.45, 7) is 3.39. The Morgan fingerprint density at radius 2 is 1.88 bits per heavy atom. The van der Waals surface area contributed by atoms with Crippen molar-refractivity contribution in [3.05, 3.63) is 51.0 Å². The Morgan fingerprint density at radius 1 is 1.21 bits per heavy atom. The summed E-state index contributed by atoms with van der Waals surface area (Å²) in [5.74, 6) is -0.215. The molecule has 126 valence electrons. The number of rotatable bonds is 3. The van der Waals surface area contributed by atoms with E-state index in [4.69, 9.17) is 12.2 Å². The van der Waals surface area contributed by atoms with Crippen LogP contribution < -0.4 is 5.56 Å². The minimum atomic E-state index is -0.456. The fourth-order valence-electron chi connectivity index (χ4n) is 2.52. The predicted octanol–water partition coefficient (Wildman–Crippen LogP) is 1.18. The third-order valence-corrected chi connectivity index (χ3v) is 4.25. The number of aromatic hydroxyl groups is 1. The number of nitrogens with one attached hydrogen (secondary N) is 1. The molecule has 0 spiro atoms. The summed E-state index contributed by atoms with van der Waals surface area (Å²) < 4.78 is 1.56. The van der Waals surface area contributed by atoms with Gasteiger partial charge in [0.25, 0.3) is 5.56 Å². The van der Waals surface area contributed by atoms with Crippen LogP contribution in [0.4, 0.5) is 0 Å². The molecule has 2 aromatic rings. The smallest absolute Gasteiger partial charge is 0.264 e. The van der Waals surface area contributed by atoms with E-state index in [1.807, 2.05) is 23.2 Å². The first kappa shape index (κ1) is 16.4. The monoisotopic (exact) mass is 345 g/mol. The Balaban J connectivity index is 1.97. The molecule has 2 N–H and O–H groups in total. The lowest BCUT2D eigenvalue weighted by molar-refractivity contribution is 0.159. The number of aromatic amines is 1. The molecule has 0 atom stereocenters. The fourth-order valence-corrected chi connectivity index (χ4v) is 2.81. The maximum absolute atomic E-state index is 12.2. The van der Waals surface area contributed by atoms with Crippen molar-refractivity contribution >= 4 is 18.4 Å². The Morgan fingerprint density at radius 3 is 2.54 bits per heavy atom. The topological polar surface area (TPSA) is 76.9 Å². The maximum atomic E-state index is 12.2. The summed E-state index contributed by atoms with van der Waals surface area (Å²) in [7, 11) is 2.06. The molecule has 2 heterocycles. The van der Waals surface area contributed by atoms with Gasteiger partial charge in [-0.3, -0.25) is 19.4 Å². The van der Waals surface area contributed by atoms with Gasteiger partial charge in [0.1, 0.15) is 5.56 Å². The zero-order valence-corrected chi connectivity index (χ0v) is 14.2. The van der Waals surface area contributed by atoms with Crippen LogP contribution in [0.5, 0.6) is 5.88 Å². The van der Waals surface area contributed by atoms with E-state index < -0.39 is 5.56 Å². The lowest BCUT2D eigenvalue weighted by Gasteiger charge is -2.30. The average Bonchev–Trinajstić information content (AvgIpc) is 2.57. The van der Waals surface area contributed by atoms with E-state index in [0.717, 1.165) is 26.2 Å². The van der Waals surface area contributed by atoms with Gasteiger partial charge in [-0.05, 0) is 31.4 Å². The summed E-state index contributed by atoms with van der Waals surface area (Å²) in [6.07, 6.45) is 1.40. The summed E-state index contributed by atoms with van der Waals surface area (Å²) in [6, 6.07) is 9.13. The molecule has 8 heteroatoms. The highest BCUT2D eigenvalue weighted by molar-refractivity contribution is 7.71. The number of hydrogen-bond acceptors (Lipinski definition) is 6. The third kappa shape index (κ3) is 3.39. The molecule has 1 aliphatic heterocycles. The van der Waals surface area contributed by atoms with Gasteiger partial charge >= 0.3 is 0 Å². The quantitative estimate of drug-likeness (QED) is 0.645. The van der Waals surface area contributed by atoms with Gasteiger partial charge in [0.05, 0.1) is 11.9 Å². The molecule has 1 fully saturated rings. The molecular formula is C16H19N5O2S. The van der Waals surface area contributed by atoms with Gasteiger partial charge in [0.2, 0.25) is 5.88 Å². The van der Waals surface area contributed by atoms with E-state index >= 15 is 0 Å². The van der Waals surface area contributed by atoms with E-state index in [2.05, 4.69) is 22.0 Å². The Kier molecular flexibility index (Phi) is 4.77. The van der Waals surface area contributed by atoms with Crippen molar-refractivity contribution in [3.63, 3.8) is 0 Å². The molecule has 1 aromatic carbocycles. The number of likely N-dealkylation sites (N-methyl/N-ethyl adjacent to an activating group) is 1. The molecule has 0 unspecified atom stereocenters. The molecule has 0 aliphatic carbocycles. The van der Waals surface area contributed by atoms with Gasteiger partial charge in [-0.1, -0.05) is 18.2 Å². The number of para-hydroxylation sites is 1. The summed E-state index contributed by atoms with van der Waals surface area (Å²) in [5, 5.41) is 16.7. The zero-order chi connectivity index (χ0) is 17.1. The Labute approximate surface area is 144 Å². The Hall–Kier alpha value is -2.45. The van der Waals surface area contributed by atoms with E-state index in [1.54, 1.807) is 12.1 Å². The summed E-state index contributed by atoms with van der Waals surface area (Å²) in [4.78, 5) is 17.0. The highest BCUT2D eigenvalue weighted by Gasteiger charge is 2.14. The molecule has 24 heavy (non-hydrogen) atoms. The number of piperazine rings is 1. The predicted molar refractivity (Wildman–Crippen MR) is 95.6 cm³/mol. The van der Waals surface area contributed by atoms with Crippen LogP contribution in [-0.4, -0.2) is 64.0 Å². The number of aromatic nitrogens is 2. The second kappa shape index (κ2) is 6.98. The van der Waals surface area contributed by atoms with Crippen molar-refractivity contribution in [1.82, 2.24) is 19.5 Å². The molecule has 1 saturated heterocycles. The second-order valence-corrected chi connectivity index (χ2v) is 6.06. The van der Waals surface area contributed by atoms with Crippen molar-refractivity contribution < 1.29 is 5.11 Å². The molecule has 0 radical (unpaired) electrons. The number of hydrazone groups is 1. The number of H-pyrrole nitrogens is 1. The molecule has 1 aromatic heterocycles. The van der Waals surface area contributed by atoms with Crippen molar-refractivity contribution in [2.45, 2.75) is 0 Å². The largest absolute Gasteiger partial charge is 0.494 e. The van der Waals surface area contributed by atoms with Crippen LogP contribution in [0.1, 0.15) is 5.56 Å². The summed E-state index contributed by atoms with van der Waals surface area (Å²) >= 11 is 5.18. The summed E-state index contributed by atoms with van der Waals surface area (Å²) in [5.41, 5.74) is 0.305. The minimum Gasteiger partial charge on any atom is -0.494 e. The maximum Gasteiger partial charge on any atom is 0.264 e. The van der Waals surface area contributed by atoms with Crippen molar-refractivity contribution in [3.8, 4) is 11.6 Å². The highest BCUT2D eigenvalue weighted by atomic mass is 32.1. The first-order chi connectivity index (χ1) is 11.6. The molecule has 1 aliphatic rings. The lowest BCUT2D eigenvalue weighted by atomic mass is 10.3. The number of nitrogens with zero attached hydrogens (tertiary/aromatic N) is 4. The van der Waals surface area contributed by atoms with Crippen LogP contribution in [-0.2, 0) is 0 Å². The number of benzene rings is 1. The zero-order valence-electron chi connectivity index (χ0n) is 13.3. The average molecular weight is 345 g/mol. The van der Waals surface area contributed by atoms with Crippen molar-refractivity contribution in [2.75, 3.05) is 33.2 Å². The first-order valence-electron chi connectivity index (χ1n) is 7.67. The molecule has 7 nitrogen and oxygen atoms in total. The van der Waals surface area contributed by atoms with Gasteiger partial charge in [-0.25, -0.2) is 0 Å². The second-order valence-electron chi connectivity index (χ2n) is 5.67. The Bertz CT molecular complexity index is 851. The molecule has 0 saturated carbocycles. The standard InChI is InChI=1S/C16H19N5O2S/c1-19-7-9-20(10-8-19)17-11-13-14(22)18-16(24)21(15(13)23)12-5-3-2-4-6-12/h2-6,11,23H,7-10H2,1H3,(H,18,22,24). The SMILES string of the molecule is CN1CCN(N=Cc2c(O)n(-c3ccccc3)c(=S)[nH]c2=O)CC1. The van der Waals surface area contributed by atoms with Crippen molar-refractivity contribution in [1.29, 1.82) is 0 Å². The number of hydrogen-bond donors (Lipinski definition) is 2. The van der Waals surface area contributed by atoms with Gasteiger partial charge in [0, 0.05) is 26.2 Å². The van der Waals surface area contributed by atoms with E-state index in [9.17, 15) is 9.90 Å². The lowest BCUT2D eigenvalue weighted by Crippen LogP contribution is -2.41. The molecule has 0 bridgehead atoms. The first-order valence-corrected chi connectivity index (χ1v) is 8.08.